The summed E-state index contributed by atoms with van der Waals surface area (Å²) in [5.41, 5.74) is 0. The van der Waals surface area contributed by atoms with Crippen LogP contribution in [0, 0.1) is 35.5 Å². The third-order valence-electron chi connectivity index (χ3n) is 6.67. The Labute approximate surface area is 139 Å². The van der Waals surface area contributed by atoms with Crippen molar-refractivity contribution in [2.45, 2.75) is 38.5 Å². The molecule has 2 aliphatic heterocycles. The second-order valence-corrected chi connectivity index (χ2v) is 7.67. The smallest absolute Gasteiger partial charge is 0.247 e. The van der Waals surface area contributed by atoms with E-state index in [0.717, 1.165) is 22.9 Å². The number of carbonyl (C=O) groups is 4. The van der Waals surface area contributed by atoms with Gasteiger partial charge < -0.3 is 0 Å². The van der Waals surface area contributed by atoms with Crippen molar-refractivity contribution in [2.75, 3.05) is 0 Å². The summed E-state index contributed by atoms with van der Waals surface area (Å²) in [4.78, 5) is 48.3. The van der Waals surface area contributed by atoms with Crippen LogP contribution < -0.4 is 11.7 Å². The van der Waals surface area contributed by atoms with Gasteiger partial charge in [0.25, 0.3) is 0 Å². The SMILES string of the molecule is NN1C(=O)C2CCC(C3CCC4C(=O)N(N)C(=O)C4C3)CC2C1=O. The van der Waals surface area contributed by atoms with Crippen molar-refractivity contribution in [3.05, 3.63) is 0 Å². The van der Waals surface area contributed by atoms with E-state index in [1.807, 2.05) is 0 Å². The molecule has 4 N–H and O–H groups in total. The number of nitrogens with zero attached hydrogens (tertiary/aromatic N) is 2. The van der Waals surface area contributed by atoms with E-state index in [-0.39, 0.29) is 47.3 Å². The summed E-state index contributed by atoms with van der Waals surface area (Å²) in [5.74, 6) is 9.46. The van der Waals surface area contributed by atoms with Crippen LogP contribution >= 0.6 is 0 Å². The van der Waals surface area contributed by atoms with E-state index < -0.39 is 0 Å². The van der Waals surface area contributed by atoms with Crippen LogP contribution in [0.2, 0.25) is 0 Å². The van der Waals surface area contributed by atoms with Gasteiger partial charge in [0.1, 0.15) is 0 Å². The van der Waals surface area contributed by atoms with Crippen molar-refractivity contribution in [3.8, 4) is 0 Å². The number of nitrogens with two attached hydrogens (primary N) is 2. The Bertz CT molecular complexity index is 582. The fourth-order valence-corrected chi connectivity index (χ4v) is 5.33. The fraction of sp³-hybridized carbons (Fsp3) is 0.750. The lowest BCUT2D eigenvalue weighted by molar-refractivity contribution is -0.141. The van der Waals surface area contributed by atoms with Crippen LogP contribution in [0.5, 0.6) is 0 Å². The van der Waals surface area contributed by atoms with Gasteiger partial charge in [-0.25, -0.2) is 21.7 Å². The van der Waals surface area contributed by atoms with Gasteiger partial charge in [-0.1, -0.05) is 0 Å². The molecule has 2 aliphatic carbocycles. The van der Waals surface area contributed by atoms with Gasteiger partial charge in [-0.3, -0.25) is 19.2 Å². The minimum Gasteiger partial charge on any atom is -0.273 e. The molecule has 6 atom stereocenters. The summed E-state index contributed by atoms with van der Waals surface area (Å²) in [6, 6.07) is 0. The second kappa shape index (κ2) is 5.35. The maximum atomic E-state index is 12.2. The van der Waals surface area contributed by atoms with Gasteiger partial charge in [-0.05, 0) is 50.4 Å². The third kappa shape index (κ3) is 2.05. The first kappa shape index (κ1) is 15.7. The lowest BCUT2D eigenvalue weighted by Gasteiger charge is -2.38. The maximum absolute atomic E-state index is 12.2. The van der Waals surface area contributed by atoms with Crippen molar-refractivity contribution in [2.24, 2.45) is 47.2 Å². The molecule has 2 heterocycles. The molecule has 4 rings (SSSR count). The molecular weight excluding hydrogens is 312 g/mol. The molecule has 0 aromatic carbocycles. The van der Waals surface area contributed by atoms with E-state index in [1.54, 1.807) is 0 Å². The molecule has 0 radical (unpaired) electrons. The molecule has 0 aromatic heterocycles. The molecule has 0 bridgehead atoms. The molecule has 2 saturated heterocycles. The van der Waals surface area contributed by atoms with Gasteiger partial charge >= 0.3 is 0 Å². The molecule has 8 heteroatoms. The van der Waals surface area contributed by atoms with Crippen LogP contribution in [-0.2, 0) is 19.2 Å². The molecule has 4 amide bonds. The Morgan fingerprint density at radius 2 is 0.917 bits per heavy atom. The van der Waals surface area contributed by atoms with Gasteiger partial charge in [-0.2, -0.15) is 0 Å². The van der Waals surface area contributed by atoms with E-state index >= 15 is 0 Å². The zero-order valence-corrected chi connectivity index (χ0v) is 13.4. The predicted octanol–water partition coefficient (Wildman–Crippen LogP) is -0.464. The topological polar surface area (TPSA) is 127 Å². The fourth-order valence-electron chi connectivity index (χ4n) is 5.33. The zero-order chi connectivity index (χ0) is 17.2. The molecule has 6 unspecified atom stereocenters. The van der Waals surface area contributed by atoms with Crippen LogP contribution in [0.3, 0.4) is 0 Å². The summed E-state index contributed by atoms with van der Waals surface area (Å²) < 4.78 is 0. The Balaban J connectivity index is 1.47. The minimum absolute atomic E-state index is 0.262. The van der Waals surface area contributed by atoms with Crippen molar-refractivity contribution in [1.29, 1.82) is 0 Å². The lowest BCUT2D eigenvalue weighted by atomic mass is 9.64. The highest BCUT2D eigenvalue weighted by molar-refractivity contribution is 6.05. The quantitative estimate of drug-likeness (QED) is 0.379. The number of rotatable bonds is 1. The number of carbonyl (C=O) groups excluding carboxylic acids is 4. The van der Waals surface area contributed by atoms with Gasteiger partial charge in [-0.15, -0.1) is 0 Å². The van der Waals surface area contributed by atoms with Gasteiger partial charge in [0.2, 0.25) is 23.6 Å². The minimum atomic E-state index is -0.314. The number of hydrogen-bond donors (Lipinski definition) is 2. The first-order valence-electron chi connectivity index (χ1n) is 8.65. The Kier molecular flexibility index (Phi) is 3.50. The van der Waals surface area contributed by atoms with E-state index in [2.05, 4.69) is 0 Å². The van der Waals surface area contributed by atoms with Crippen LogP contribution in [0.4, 0.5) is 0 Å². The van der Waals surface area contributed by atoms with E-state index in [0.29, 0.717) is 37.5 Å². The zero-order valence-electron chi connectivity index (χ0n) is 13.4. The molecular formula is C16H22N4O4. The summed E-state index contributed by atoms with van der Waals surface area (Å²) in [5, 5.41) is 1.56. The highest BCUT2D eigenvalue weighted by Gasteiger charge is 2.53. The Morgan fingerprint density at radius 3 is 1.29 bits per heavy atom. The number of amides is 4. The standard InChI is InChI=1S/C16H22N4O4/c17-19-13(21)9-3-1-7(5-11(9)15(19)23)8-2-4-10-12(6-8)16(24)20(18)14(10)22/h7-12H,1-6,17-18H2. The van der Waals surface area contributed by atoms with E-state index in [9.17, 15) is 19.2 Å². The average molecular weight is 334 g/mol. The number of imide groups is 2. The first-order valence-corrected chi connectivity index (χ1v) is 8.65. The van der Waals surface area contributed by atoms with Crippen LogP contribution in [-0.4, -0.2) is 33.6 Å². The molecule has 2 saturated carbocycles. The molecule has 24 heavy (non-hydrogen) atoms. The highest BCUT2D eigenvalue weighted by atomic mass is 16.2. The summed E-state index contributed by atoms with van der Waals surface area (Å²) >= 11 is 0. The van der Waals surface area contributed by atoms with Crippen LogP contribution in [0.15, 0.2) is 0 Å². The molecule has 4 fully saturated rings. The van der Waals surface area contributed by atoms with Gasteiger partial charge in [0.05, 0.1) is 23.7 Å². The maximum Gasteiger partial charge on any atom is 0.247 e. The first-order chi connectivity index (χ1) is 11.4. The normalized spacial score (nSPS) is 42.6. The average Bonchev–Trinajstić information content (AvgIpc) is 2.95. The van der Waals surface area contributed by atoms with Crippen molar-refractivity contribution in [1.82, 2.24) is 10.0 Å². The molecule has 4 aliphatic rings. The van der Waals surface area contributed by atoms with Crippen molar-refractivity contribution >= 4 is 23.6 Å². The third-order valence-corrected chi connectivity index (χ3v) is 6.67. The predicted molar refractivity (Wildman–Crippen MR) is 80.7 cm³/mol. The lowest BCUT2D eigenvalue weighted by Crippen LogP contribution is -2.37. The molecule has 0 aromatic rings. The largest absolute Gasteiger partial charge is 0.273 e. The van der Waals surface area contributed by atoms with Crippen molar-refractivity contribution < 1.29 is 19.2 Å². The Hall–Kier alpha value is -1.80. The van der Waals surface area contributed by atoms with Crippen molar-refractivity contribution in [3.63, 3.8) is 0 Å². The molecule has 0 spiro atoms. The van der Waals surface area contributed by atoms with Crippen LogP contribution in [0.25, 0.3) is 0 Å². The number of hydrazine groups is 2. The Morgan fingerprint density at radius 1 is 0.583 bits per heavy atom. The second-order valence-electron chi connectivity index (χ2n) is 7.67. The van der Waals surface area contributed by atoms with Crippen LogP contribution in [0.1, 0.15) is 38.5 Å². The monoisotopic (exact) mass is 334 g/mol. The summed E-state index contributed by atoms with van der Waals surface area (Å²) in [6.07, 6.45) is 4.39. The van der Waals surface area contributed by atoms with Gasteiger partial charge in [0, 0.05) is 0 Å². The number of hydrogen-bond acceptors (Lipinski definition) is 6. The highest BCUT2D eigenvalue weighted by Crippen LogP contribution is 2.49. The summed E-state index contributed by atoms with van der Waals surface area (Å²) in [7, 11) is 0. The molecule has 8 nitrogen and oxygen atoms in total. The summed E-state index contributed by atoms with van der Waals surface area (Å²) in [6.45, 7) is 0. The number of fused-ring (bicyclic) bond motifs is 2. The molecule has 130 valence electrons. The van der Waals surface area contributed by atoms with E-state index in [4.69, 9.17) is 11.7 Å². The van der Waals surface area contributed by atoms with Gasteiger partial charge in [0.15, 0.2) is 0 Å². The van der Waals surface area contributed by atoms with E-state index in [1.165, 1.54) is 0 Å².